The second-order valence-corrected chi connectivity index (χ2v) is 8.79. The molecule has 0 saturated heterocycles. The standard InChI is InChI=1S/C14H22N2O2S/c1-10(16-19(17,18)3-2-15)14-7-11-4-12(8-14)6-13(5-11)9-14/h10-13,16H,3-9H2,1H3. The molecular formula is C14H22N2O2S. The van der Waals surface area contributed by atoms with Crippen LogP contribution in [0.5, 0.6) is 0 Å². The van der Waals surface area contributed by atoms with Gasteiger partial charge in [0.2, 0.25) is 10.0 Å². The van der Waals surface area contributed by atoms with Gasteiger partial charge in [-0.05, 0) is 68.6 Å². The largest absolute Gasteiger partial charge is 0.225 e. The van der Waals surface area contributed by atoms with Gasteiger partial charge in [0.25, 0.3) is 0 Å². The van der Waals surface area contributed by atoms with E-state index in [-0.39, 0.29) is 11.5 Å². The Hall–Kier alpha value is -0.600. The monoisotopic (exact) mass is 282 g/mol. The van der Waals surface area contributed by atoms with Crippen LogP contribution >= 0.6 is 0 Å². The molecule has 1 atom stereocenters. The smallest absolute Gasteiger partial charge is 0.211 e. The lowest BCUT2D eigenvalue weighted by Crippen LogP contribution is -2.55. The zero-order valence-corrected chi connectivity index (χ0v) is 12.2. The number of hydrogen-bond acceptors (Lipinski definition) is 3. The summed E-state index contributed by atoms with van der Waals surface area (Å²) in [4.78, 5) is 0. The van der Waals surface area contributed by atoms with Crippen molar-refractivity contribution in [3.05, 3.63) is 0 Å². The summed E-state index contributed by atoms with van der Waals surface area (Å²) in [5.41, 5.74) is 0.164. The molecule has 4 rings (SSSR count). The summed E-state index contributed by atoms with van der Waals surface area (Å²) in [5, 5.41) is 8.58. The second kappa shape index (κ2) is 4.46. The molecule has 4 bridgehead atoms. The Kier molecular flexibility index (Phi) is 3.14. The van der Waals surface area contributed by atoms with Crippen LogP contribution in [0.15, 0.2) is 0 Å². The molecule has 0 aromatic carbocycles. The van der Waals surface area contributed by atoms with Crippen molar-refractivity contribution in [2.75, 3.05) is 5.75 Å². The normalized spacial score (nSPS) is 42.0. The zero-order valence-electron chi connectivity index (χ0n) is 11.4. The van der Waals surface area contributed by atoms with Crippen molar-refractivity contribution in [2.24, 2.45) is 23.2 Å². The van der Waals surface area contributed by atoms with Crippen LogP contribution in [0.25, 0.3) is 0 Å². The molecule has 1 N–H and O–H groups in total. The van der Waals surface area contributed by atoms with Crippen LogP contribution in [0.3, 0.4) is 0 Å². The first kappa shape index (κ1) is 13.4. The van der Waals surface area contributed by atoms with Crippen molar-refractivity contribution in [1.29, 1.82) is 5.26 Å². The van der Waals surface area contributed by atoms with Crippen molar-refractivity contribution < 1.29 is 8.42 Å². The Morgan fingerprint density at radius 2 is 1.68 bits per heavy atom. The van der Waals surface area contributed by atoms with E-state index in [0.717, 1.165) is 17.8 Å². The predicted molar refractivity (Wildman–Crippen MR) is 72.6 cm³/mol. The van der Waals surface area contributed by atoms with E-state index in [0.29, 0.717) is 0 Å². The van der Waals surface area contributed by atoms with E-state index in [1.165, 1.54) is 38.5 Å². The van der Waals surface area contributed by atoms with E-state index in [2.05, 4.69) is 4.72 Å². The lowest BCUT2D eigenvalue weighted by atomic mass is 9.48. The molecule has 5 heteroatoms. The van der Waals surface area contributed by atoms with Crippen LogP contribution in [-0.2, 0) is 10.0 Å². The molecule has 0 radical (unpaired) electrons. The Morgan fingerprint density at radius 3 is 2.11 bits per heavy atom. The van der Waals surface area contributed by atoms with Crippen molar-refractivity contribution in [2.45, 2.75) is 51.5 Å². The summed E-state index contributed by atoms with van der Waals surface area (Å²) in [5.74, 6) is 2.02. The lowest BCUT2D eigenvalue weighted by Gasteiger charge is -2.59. The summed E-state index contributed by atoms with van der Waals surface area (Å²) in [6.07, 6.45) is 7.60. The van der Waals surface area contributed by atoms with Crippen LogP contribution in [0.1, 0.15) is 45.4 Å². The Morgan fingerprint density at radius 1 is 1.21 bits per heavy atom. The summed E-state index contributed by atoms with van der Waals surface area (Å²) in [6.45, 7) is 2.00. The molecule has 0 aromatic rings. The van der Waals surface area contributed by atoms with Crippen molar-refractivity contribution in [3.63, 3.8) is 0 Å². The molecule has 4 nitrogen and oxygen atoms in total. The van der Waals surface area contributed by atoms with Gasteiger partial charge in [-0.25, -0.2) is 13.1 Å². The highest BCUT2D eigenvalue weighted by Crippen LogP contribution is 2.61. The van der Waals surface area contributed by atoms with Gasteiger partial charge in [-0.15, -0.1) is 0 Å². The fourth-order valence-corrected chi connectivity index (χ4v) is 6.27. The molecule has 1 unspecified atom stereocenters. The van der Waals surface area contributed by atoms with Gasteiger partial charge in [0, 0.05) is 6.04 Å². The number of rotatable bonds is 4. The zero-order chi connectivity index (χ0) is 13.7. The quantitative estimate of drug-likeness (QED) is 0.857. The number of nitriles is 1. The summed E-state index contributed by atoms with van der Waals surface area (Å²) in [6, 6.07) is 1.71. The number of nitrogens with one attached hydrogen (secondary N) is 1. The van der Waals surface area contributed by atoms with E-state index in [9.17, 15) is 8.42 Å². The molecule has 4 fully saturated rings. The summed E-state index contributed by atoms with van der Waals surface area (Å²) in [7, 11) is -3.44. The summed E-state index contributed by atoms with van der Waals surface area (Å²) >= 11 is 0. The maximum atomic E-state index is 11.8. The van der Waals surface area contributed by atoms with Crippen LogP contribution in [0.4, 0.5) is 0 Å². The molecule has 4 saturated carbocycles. The fraction of sp³-hybridized carbons (Fsp3) is 0.929. The first-order chi connectivity index (χ1) is 8.92. The number of nitrogens with zero attached hydrogens (tertiary/aromatic N) is 1. The minimum Gasteiger partial charge on any atom is -0.211 e. The third-order valence-corrected chi connectivity index (χ3v) is 6.84. The van der Waals surface area contributed by atoms with Gasteiger partial charge in [0.05, 0.1) is 6.07 Å². The molecule has 0 spiro atoms. The van der Waals surface area contributed by atoms with Gasteiger partial charge in [-0.2, -0.15) is 5.26 Å². The minimum atomic E-state index is -3.44. The minimum absolute atomic E-state index is 0.0285. The molecule has 4 aliphatic carbocycles. The molecule has 4 aliphatic rings. The van der Waals surface area contributed by atoms with Crippen molar-refractivity contribution in [1.82, 2.24) is 4.72 Å². The van der Waals surface area contributed by atoms with Crippen LogP contribution in [-0.4, -0.2) is 20.2 Å². The SMILES string of the molecule is CC(NS(=O)(=O)CC#N)C12CC3CC(CC(C3)C1)C2. The average molecular weight is 282 g/mol. The fourth-order valence-electron chi connectivity index (χ4n) is 5.23. The molecule has 0 aliphatic heterocycles. The maximum Gasteiger partial charge on any atom is 0.225 e. The van der Waals surface area contributed by atoms with Gasteiger partial charge >= 0.3 is 0 Å². The lowest BCUT2D eigenvalue weighted by molar-refractivity contribution is -0.0665. The number of hydrogen-bond donors (Lipinski definition) is 1. The molecule has 0 heterocycles. The number of sulfonamides is 1. The van der Waals surface area contributed by atoms with Gasteiger partial charge < -0.3 is 0 Å². The maximum absolute atomic E-state index is 11.8. The van der Waals surface area contributed by atoms with Gasteiger partial charge in [-0.1, -0.05) is 0 Å². The Bertz CT molecular complexity index is 471. The highest BCUT2D eigenvalue weighted by molar-refractivity contribution is 7.89. The van der Waals surface area contributed by atoms with Crippen molar-refractivity contribution in [3.8, 4) is 6.07 Å². The highest BCUT2D eigenvalue weighted by Gasteiger charge is 2.53. The van der Waals surface area contributed by atoms with E-state index in [4.69, 9.17) is 5.26 Å². The molecular weight excluding hydrogens is 260 g/mol. The van der Waals surface area contributed by atoms with Crippen LogP contribution in [0, 0.1) is 34.5 Å². The highest BCUT2D eigenvalue weighted by atomic mass is 32.2. The third kappa shape index (κ3) is 2.41. The van der Waals surface area contributed by atoms with Crippen molar-refractivity contribution >= 4 is 10.0 Å². The molecule has 106 valence electrons. The third-order valence-electron chi connectivity index (χ3n) is 5.62. The Labute approximate surface area is 115 Å². The first-order valence-electron chi connectivity index (χ1n) is 7.29. The van der Waals surface area contributed by atoms with E-state index in [1.807, 2.05) is 6.92 Å². The predicted octanol–water partition coefficient (Wildman–Crippen LogP) is 2.03. The topological polar surface area (TPSA) is 70.0 Å². The van der Waals surface area contributed by atoms with Gasteiger partial charge in [-0.3, -0.25) is 0 Å². The first-order valence-corrected chi connectivity index (χ1v) is 8.95. The van der Waals surface area contributed by atoms with Crippen LogP contribution in [0.2, 0.25) is 0 Å². The molecule has 19 heavy (non-hydrogen) atoms. The molecule has 0 aromatic heterocycles. The van der Waals surface area contributed by atoms with E-state index in [1.54, 1.807) is 6.07 Å². The van der Waals surface area contributed by atoms with E-state index >= 15 is 0 Å². The second-order valence-electron chi connectivity index (χ2n) is 7.04. The average Bonchev–Trinajstić information content (AvgIpc) is 2.25. The van der Waals surface area contributed by atoms with Gasteiger partial charge in [0.15, 0.2) is 5.75 Å². The molecule has 0 amide bonds. The van der Waals surface area contributed by atoms with Gasteiger partial charge in [0.1, 0.15) is 0 Å². The Balaban J connectivity index is 1.76. The van der Waals surface area contributed by atoms with E-state index < -0.39 is 15.8 Å². The summed E-state index contributed by atoms with van der Waals surface area (Å²) < 4.78 is 26.4. The van der Waals surface area contributed by atoms with Crippen LogP contribution < -0.4 is 4.72 Å².